The van der Waals surface area contributed by atoms with E-state index in [9.17, 15) is 14.7 Å². The van der Waals surface area contributed by atoms with Crippen molar-refractivity contribution < 1.29 is 14.7 Å². The Labute approximate surface area is 120 Å². The van der Waals surface area contributed by atoms with E-state index in [0.29, 0.717) is 12.0 Å². The minimum Gasteiger partial charge on any atom is -0.507 e. The van der Waals surface area contributed by atoms with E-state index in [1.165, 1.54) is 6.92 Å². The zero-order chi connectivity index (χ0) is 14.7. The van der Waals surface area contributed by atoms with Crippen LogP contribution >= 0.6 is 0 Å². The van der Waals surface area contributed by atoms with Crippen LogP contribution in [0, 0.1) is 0 Å². The minimum atomic E-state index is -0.174. The molecule has 1 aliphatic carbocycles. The number of aromatic amines is 1. The number of phenols is 1. The molecule has 2 N–H and O–H groups in total. The van der Waals surface area contributed by atoms with Crippen molar-refractivity contribution in [2.24, 2.45) is 0 Å². The Balaban J connectivity index is 2.17. The SMILES string of the molecule is CC(=O)c1cc2c(cc1O)[nH]c1ccc3c(c12)CCC3=O. The first-order valence-corrected chi connectivity index (χ1v) is 6.90. The number of aromatic hydroxyl groups is 1. The molecule has 104 valence electrons. The van der Waals surface area contributed by atoms with Crippen molar-refractivity contribution in [1.29, 1.82) is 0 Å². The molecule has 1 aromatic heterocycles. The highest BCUT2D eigenvalue weighted by atomic mass is 16.3. The van der Waals surface area contributed by atoms with Gasteiger partial charge < -0.3 is 10.1 Å². The van der Waals surface area contributed by atoms with Gasteiger partial charge in [0.05, 0.1) is 11.1 Å². The summed E-state index contributed by atoms with van der Waals surface area (Å²) in [6, 6.07) is 7.04. The van der Waals surface area contributed by atoms with Gasteiger partial charge >= 0.3 is 0 Å². The summed E-state index contributed by atoms with van der Waals surface area (Å²) in [5, 5.41) is 11.8. The van der Waals surface area contributed by atoms with Crippen LogP contribution in [0.2, 0.25) is 0 Å². The Bertz CT molecular complexity index is 950. The number of aryl methyl sites for hydroxylation is 1. The molecular weight excluding hydrogens is 266 g/mol. The highest BCUT2D eigenvalue weighted by molar-refractivity contribution is 6.16. The van der Waals surface area contributed by atoms with Crippen molar-refractivity contribution >= 4 is 33.4 Å². The van der Waals surface area contributed by atoms with Gasteiger partial charge in [0.2, 0.25) is 0 Å². The van der Waals surface area contributed by atoms with E-state index < -0.39 is 0 Å². The van der Waals surface area contributed by atoms with Crippen LogP contribution in [0.4, 0.5) is 0 Å². The molecule has 1 aliphatic rings. The van der Waals surface area contributed by atoms with Crippen LogP contribution in [0.3, 0.4) is 0 Å². The number of phenolic OH excluding ortho intramolecular Hbond substituents is 1. The number of nitrogens with one attached hydrogen (secondary N) is 1. The van der Waals surface area contributed by atoms with Gasteiger partial charge in [0, 0.05) is 34.3 Å². The van der Waals surface area contributed by atoms with Crippen LogP contribution in [0.25, 0.3) is 21.8 Å². The minimum absolute atomic E-state index is 0.0192. The molecule has 0 spiro atoms. The van der Waals surface area contributed by atoms with Crippen LogP contribution in [-0.2, 0) is 6.42 Å². The number of aromatic nitrogens is 1. The maximum atomic E-state index is 11.9. The van der Waals surface area contributed by atoms with Gasteiger partial charge in [-0.05, 0) is 37.1 Å². The molecule has 4 rings (SSSR count). The van der Waals surface area contributed by atoms with Gasteiger partial charge in [-0.25, -0.2) is 0 Å². The number of Topliss-reactive ketones (excluding diaryl/α,β-unsaturated/α-hetero) is 2. The molecule has 1 heterocycles. The quantitative estimate of drug-likeness (QED) is 0.671. The molecule has 0 bridgehead atoms. The summed E-state index contributed by atoms with van der Waals surface area (Å²) in [4.78, 5) is 26.8. The van der Waals surface area contributed by atoms with Gasteiger partial charge in [-0.3, -0.25) is 9.59 Å². The maximum Gasteiger partial charge on any atom is 0.163 e. The van der Waals surface area contributed by atoms with Crippen molar-refractivity contribution in [3.05, 3.63) is 41.0 Å². The second-order valence-electron chi connectivity index (χ2n) is 5.53. The summed E-state index contributed by atoms with van der Waals surface area (Å²) in [5.74, 6) is -0.0199. The molecular formula is C17H13NO3. The summed E-state index contributed by atoms with van der Waals surface area (Å²) in [6.45, 7) is 1.43. The highest BCUT2D eigenvalue weighted by Gasteiger charge is 2.24. The number of fused-ring (bicyclic) bond motifs is 5. The average Bonchev–Trinajstić information content (AvgIpc) is 2.97. The van der Waals surface area contributed by atoms with Crippen molar-refractivity contribution in [2.75, 3.05) is 0 Å². The first-order chi connectivity index (χ1) is 10.1. The van der Waals surface area contributed by atoms with E-state index in [2.05, 4.69) is 4.98 Å². The van der Waals surface area contributed by atoms with Gasteiger partial charge in [0.15, 0.2) is 11.6 Å². The van der Waals surface area contributed by atoms with Gasteiger partial charge in [0.1, 0.15) is 5.75 Å². The molecule has 0 fully saturated rings. The molecule has 3 aromatic rings. The Morgan fingerprint density at radius 2 is 2.00 bits per heavy atom. The number of H-pyrrole nitrogens is 1. The summed E-state index contributed by atoms with van der Waals surface area (Å²) in [5.41, 5.74) is 3.84. The molecule has 0 amide bonds. The van der Waals surface area contributed by atoms with E-state index >= 15 is 0 Å². The monoisotopic (exact) mass is 279 g/mol. The van der Waals surface area contributed by atoms with E-state index in [0.717, 1.165) is 39.4 Å². The van der Waals surface area contributed by atoms with Gasteiger partial charge in [0.25, 0.3) is 0 Å². The maximum absolute atomic E-state index is 11.9. The van der Waals surface area contributed by atoms with Gasteiger partial charge in [-0.2, -0.15) is 0 Å². The van der Waals surface area contributed by atoms with Crippen LogP contribution < -0.4 is 0 Å². The van der Waals surface area contributed by atoms with E-state index in [1.807, 2.05) is 12.1 Å². The molecule has 0 radical (unpaired) electrons. The fraction of sp³-hybridized carbons (Fsp3) is 0.176. The largest absolute Gasteiger partial charge is 0.507 e. The number of hydrogen-bond donors (Lipinski definition) is 2. The number of hydrogen-bond acceptors (Lipinski definition) is 3. The van der Waals surface area contributed by atoms with Crippen molar-refractivity contribution in [3.63, 3.8) is 0 Å². The lowest BCUT2D eigenvalue weighted by Gasteiger charge is -2.03. The Morgan fingerprint density at radius 3 is 2.76 bits per heavy atom. The van der Waals surface area contributed by atoms with Crippen LogP contribution in [0.15, 0.2) is 24.3 Å². The topological polar surface area (TPSA) is 70.2 Å². The van der Waals surface area contributed by atoms with E-state index in [1.54, 1.807) is 12.1 Å². The summed E-state index contributed by atoms with van der Waals surface area (Å²) >= 11 is 0. The lowest BCUT2D eigenvalue weighted by Crippen LogP contribution is -1.92. The number of benzene rings is 2. The molecule has 0 aliphatic heterocycles. The normalized spacial score (nSPS) is 14.0. The number of carbonyl (C=O) groups is 2. The molecule has 21 heavy (non-hydrogen) atoms. The van der Waals surface area contributed by atoms with Crippen LogP contribution in [0.1, 0.15) is 39.6 Å². The van der Waals surface area contributed by atoms with Crippen molar-refractivity contribution in [3.8, 4) is 5.75 Å². The van der Waals surface area contributed by atoms with Gasteiger partial charge in [-0.15, -0.1) is 0 Å². The summed E-state index contributed by atoms with van der Waals surface area (Å²) in [6.07, 6.45) is 1.27. The van der Waals surface area contributed by atoms with Crippen molar-refractivity contribution in [1.82, 2.24) is 4.98 Å². The summed E-state index contributed by atoms with van der Waals surface area (Å²) < 4.78 is 0. The lowest BCUT2D eigenvalue weighted by atomic mass is 10.0. The van der Waals surface area contributed by atoms with Crippen LogP contribution in [-0.4, -0.2) is 21.7 Å². The fourth-order valence-corrected chi connectivity index (χ4v) is 3.28. The number of rotatable bonds is 1. The highest BCUT2D eigenvalue weighted by Crippen LogP contribution is 2.37. The second kappa shape index (κ2) is 3.95. The molecule has 0 saturated heterocycles. The smallest absolute Gasteiger partial charge is 0.163 e. The molecule has 0 saturated carbocycles. The first-order valence-electron chi connectivity index (χ1n) is 6.90. The van der Waals surface area contributed by atoms with Crippen LogP contribution in [0.5, 0.6) is 5.75 Å². The predicted octanol–water partition coefficient (Wildman–Crippen LogP) is 3.36. The van der Waals surface area contributed by atoms with E-state index in [4.69, 9.17) is 0 Å². The molecule has 0 unspecified atom stereocenters. The second-order valence-corrected chi connectivity index (χ2v) is 5.53. The third-order valence-corrected chi connectivity index (χ3v) is 4.27. The molecule has 4 heteroatoms. The molecule has 2 aromatic carbocycles. The number of carbonyl (C=O) groups excluding carboxylic acids is 2. The standard InChI is InChI=1S/C17H13NO3/c1-8(19)11-6-12-14(7-16(11)21)18-13-4-2-9-10(17(12)13)3-5-15(9)20/h2,4,6-7,18,21H,3,5H2,1H3. The zero-order valence-corrected chi connectivity index (χ0v) is 11.5. The third kappa shape index (κ3) is 1.56. The molecule has 4 nitrogen and oxygen atoms in total. The zero-order valence-electron chi connectivity index (χ0n) is 11.5. The fourth-order valence-electron chi connectivity index (χ4n) is 3.28. The lowest BCUT2D eigenvalue weighted by molar-refractivity contribution is 0.0991. The Hall–Kier alpha value is -2.62. The Kier molecular flexibility index (Phi) is 2.28. The third-order valence-electron chi connectivity index (χ3n) is 4.27. The van der Waals surface area contributed by atoms with E-state index in [-0.39, 0.29) is 17.3 Å². The summed E-state index contributed by atoms with van der Waals surface area (Å²) in [7, 11) is 0. The number of ketones is 2. The Morgan fingerprint density at radius 1 is 1.19 bits per heavy atom. The molecule has 0 atom stereocenters. The van der Waals surface area contributed by atoms with Crippen molar-refractivity contribution in [2.45, 2.75) is 19.8 Å². The predicted molar refractivity (Wildman–Crippen MR) is 80.1 cm³/mol. The first kappa shape index (κ1) is 12.1. The van der Waals surface area contributed by atoms with Gasteiger partial charge in [-0.1, -0.05) is 0 Å². The average molecular weight is 279 g/mol.